The van der Waals surface area contributed by atoms with Gasteiger partial charge in [-0.2, -0.15) is 0 Å². The highest BCUT2D eigenvalue weighted by atomic mass is 79.9. The average Bonchev–Trinajstić information content (AvgIpc) is 2.39. The first-order valence-corrected chi connectivity index (χ1v) is 7.70. The number of ether oxygens (including phenoxy) is 1. The summed E-state index contributed by atoms with van der Waals surface area (Å²) in [6, 6.07) is 13.7. The van der Waals surface area contributed by atoms with Gasteiger partial charge in [-0.1, -0.05) is 55.6 Å². The van der Waals surface area contributed by atoms with Crippen LogP contribution in [0.15, 0.2) is 46.9 Å². The Morgan fingerprint density at radius 2 is 1.78 bits per heavy atom. The van der Waals surface area contributed by atoms with E-state index in [9.17, 15) is 0 Å². The molecule has 2 aromatic carbocycles. The molecular weight excluding hydrogens is 379 g/mol. The molecular formula is C14H11Br2ClO. The molecule has 94 valence electrons. The summed E-state index contributed by atoms with van der Waals surface area (Å²) in [4.78, 5) is 0. The smallest absolute Gasteiger partial charge is 0.123 e. The van der Waals surface area contributed by atoms with Gasteiger partial charge in [-0.25, -0.2) is 0 Å². The molecule has 0 N–H and O–H groups in total. The summed E-state index contributed by atoms with van der Waals surface area (Å²) in [7, 11) is 0. The van der Waals surface area contributed by atoms with Gasteiger partial charge >= 0.3 is 0 Å². The first kappa shape index (κ1) is 13.9. The first-order chi connectivity index (χ1) is 8.69. The molecule has 0 fully saturated rings. The zero-order chi connectivity index (χ0) is 13.0. The zero-order valence-corrected chi connectivity index (χ0v) is 13.4. The van der Waals surface area contributed by atoms with E-state index in [1.807, 2.05) is 42.5 Å². The van der Waals surface area contributed by atoms with Gasteiger partial charge in [0.15, 0.2) is 0 Å². The van der Waals surface area contributed by atoms with Crippen LogP contribution in [0.4, 0.5) is 0 Å². The van der Waals surface area contributed by atoms with Crippen molar-refractivity contribution in [2.75, 3.05) is 0 Å². The molecule has 0 aliphatic carbocycles. The Hall–Kier alpha value is -0.510. The van der Waals surface area contributed by atoms with E-state index in [2.05, 4.69) is 31.9 Å². The average molecular weight is 391 g/mol. The summed E-state index contributed by atoms with van der Waals surface area (Å²) in [5, 5.41) is 1.45. The molecule has 0 radical (unpaired) electrons. The molecule has 1 nitrogen and oxygen atoms in total. The van der Waals surface area contributed by atoms with Crippen molar-refractivity contribution in [2.24, 2.45) is 0 Å². The summed E-state index contributed by atoms with van der Waals surface area (Å²) in [6.45, 7) is 0.551. The molecule has 0 unspecified atom stereocenters. The topological polar surface area (TPSA) is 9.23 Å². The minimum absolute atomic E-state index is 0.551. The molecule has 2 rings (SSSR count). The molecule has 0 amide bonds. The number of hydrogen-bond acceptors (Lipinski definition) is 1. The summed E-state index contributed by atoms with van der Waals surface area (Å²) >= 11 is 12.8. The highest BCUT2D eigenvalue weighted by Crippen LogP contribution is 2.25. The maximum atomic E-state index is 5.95. The summed E-state index contributed by atoms with van der Waals surface area (Å²) in [6.07, 6.45) is 0. The molecule has 0 bridgehead atoms. The van der Waals surface area contributed by atoms with Crippen LogP contribution in [0.1, 0.15) is 11.1 Å². The second-order valence-electron chi connectivity index (χ2n) is 3.80. The van der Waals surface area contributed by atoms with Gasteiger partial charge in [-0.3, -0.25) is 0 Å². The number of benzene rings is 2. The molecule has 0 aromatic heterocycles. The molecule has 0 aliphatic heterocycles. The van der Waals surface area contributed by atoms with E-state index in [1.54, 1.807) is 0 Å². The first-order valence-electron chi connectivity index (χ1n) is 5.40. The summed E-state index contributed by atoms with van der Waals surface area (Å²) in [5.74, 6) is 0.860. The molecule has 18 heavy (non-hydrogen) atoms. The zero-order valence-electron chi connectivity index (χ0n) is 9.50. The minimum atomic E-state index is 0.551. The van der Waals surface area contributed by atoms with E-state index < -0.39 is 0 Å². The minimum Gasteiger partial charge on any atom is -0.489 e. The molecule has 2 aromatic rings. The van der Waals surface area contributed by atoms with Crippen molar-refractivity contribution in [1.82, 2.24) is 0 Å². The van der Waals surface area contributed by atoms with Crippen molar-refractivity contribution in [2.45, 2.75) is 11.9 Å². The second-order valence-corrected chi connectivity index (χ2v) is 5.71. The van der Waals surface area contributed by atoms with Crippen LogP contribution in [0, 0.1) is 0 Å². The molecule has 0 saturated heterocycles. The van der Waals surface area contributed by atoms with Gasteiger partial charge in [0, 0.05) is 20.4 Å². The fourth-order valence-electron chi connectivity index (χ4n) is 1.53. The fraction of sp³-hybridized carbons (Fsp3) is 0.143. The van der Waals surface area contributed by atoms with Gasteiger partial charge in [0.1, 0.15) is 12.4 Å². The predicted octanol–water partition coefficient (Wildman–Crippen LogP) is 5.58. The fourth-order valence-corrected chi connectivity index (χ4v) is 2.43. The van der Waals surface area contributed by atoms with Crippen LogP contribution >= 0.6 is 43.5 Å². The third-order valence-corrected chi connectivity index (χ3v) is 3.84. The van der Waals surface area contributed by atoms with E-state index in [-0.39, 0.29) is 0 Å². The number of halogens is 3. The van der Waals surface area contributed by atoms with Crippen molar-refractivity contribution in [3.63, 3.8) is 0 Å². The van der Waals surface area contributed by atoms with Crippen molar-refractivity contribution in [1.29, 1.82) is 0 Å². The molecule has 0 aliphatic rings. The third-order valence-electron chi connectivity index (χ3n) is 2.47. The number of alkyl halides is 1. The van der Waals surface area contributed by atoms with Crippen molar-refractivity contribution in [3.05, 3.63) is 63.1 Å². The van der Waals surface area contributed by atoms with Crippen LogP contribution in [0.3, 0.4) is 0 Å². The monoisotopic (exact) mass is 388 g/mol. The molecule has 0 atom stereocenters. The van der Waals surface area contributed by atoms with Gasteiger partial charge in [0.2, 0.25) is 0 Å². The Morgan fingerprint density at radius 1 is 1.06 bits per heavy atom. The van der Waals surface area contributed by atoms with Gasteiger partial charge in [-0.05, 0) is 35.9 Å². The van der Waals surface area contributed by atoms with Crippen LogP contribution in [0.5, 0.6) is 5.75 Å². The molecule has 0 heterocycles. The van der Waals surface area contributed by atoms with E-state index in [0.29, 0.717) is 6.61 Å². The largest absolute Gasteiger partial charge is 0.489 e. The summed E-state index contributed by atoms with van der Waals surface area (Å²) < 4.78 is 6.87. The van der Waals surface area contributed by atoms with Crippen molar-refractivity contribution >= 4 is 43.5 Å². The predicted molar refractivity (Wildman–Crippen MR) is 82.6 cm³/mol. The van der Waals surface area contributed by atoms with Crippen LogP contribution in [0.25, 0.3) is 0 Å². The van der Waals surface area contributed by atoms with Gasteiger partial charge in [0.25, 0.3) is 0 Å². The van der Waals surface area contributed by atoms with Crippen molar-refractivity contribution < 1.29 is 4.74 Å². The molecule has 0 spiro atoms. The lowest BCUT2D eigenvalue weighted by Gasteiger charge is -2.10. The van der Waals surface area contributed by atoms with Crippen LogP contribution < -0.4 is 4.74 Å². The maximum absolute atomic E-state index is 5.95. The standard InChI is InChI=1S/C14H11Br2ClO/c15-8-11-7-13(17)5-6-14(11)18-9-10-1-3-12(16)4-2-10/h1-7H,8-9H2. The van der Waals surface area contributed by atoms with Crippen LogP contribution in [-0.2, 0) is 11.9 Å². The van der Waals surface area contributed by atoms with E-state index in [4.69, 9.17) is 16.3 Å². The van der Waals surface area contributed by atoms with Crippen LogP contribution in [-0.4, -0.2) is 0 Å². The Labute approximate surface area is 128 Å². The highest BCUT2D eigenvalue weighted by molar-refractivity contribution is 9.10. The Kier molecular flexibility index (Phi) is 5.10. The normalized spacial score (nSPS) is 10.4. The van der Waals surface area contributed by atoms with Crippen molar-refractivity contribution in [3.8, 4) is 5.75 Å². The van der Waals surface area contributed by atoms with E-state index in [0.717, 1.165) is 31.7 Å². The molecule has 0 saturated carbocycles. The number of rotatable bonds is 4. The Morgan fingerprint density at radius 3 is 2.44 bits per heavy atom. The quantitative estimate of drug-likeness (QED) is 0.620. The SMILES string of the molecule is Clc1ccc(OCc2ccc(Br)cc2)c(CBr)c1. The summed E-state index contributed by atoms with van der Waals surface area (Å²) in [5.41, 5.74) is 2.19. The third kappa shape index (κ3) is 3.74. The lowest BCUT2D eigenvalue weighted by molar-refractivity contribution is 0.304. The highest BCUT2D eigenvalue weighted by Gasteiger charge is 2.04. The Balaban J connectivity index is 2.08. The van der Waals surface area contributed by atoms with E-state index in [1.165, 1.54) is 0 Å². The second kappa shape index (κ2) is 6.60. The van der Waals surface area contributed by atoms with Gasteiger partial charge < -0.3 is 4.74 Å². The van der Waals surface area contributed by atoms with Crippen LogP contribution in [0.2, 0.25) is 5.02 Å². The molecule has 4 heteroatoms. The lowest BCUT2D eigenvalue weighted by Crippen LogP contribution is -1.97. The number of hydrogen-bond donors (Lipinski definition) is 0. The van der Waals surface area contributed by atoms with Gasteiger partial charge in [-0.15, -0.1) is 0 Å². The lowest BCUT2D eigenvalue weighted by atomic mass is 10.2. The maximum Gasteiger partial charge on any atom is 0.123 e. The van der Waals surface area contributed by atoms with Gasteiger partial charge in [0.05, 0.1) is 0 Å². The van der Waals surface area contributed by atoms with E-state index >= 15 is 0 Å². The Bertz CT molecular complexity index is 526.